The number of hydrogen-bond acceptors (Lipinski definition) is 4. The summed E-state index contributed by atoms with van der Waals surface area (Å²) in [5.74, 6) is 0.839. The van der Waals surface area contributed by atoms with Crippen LogP contribution < -0.4 is 0 Å². The molecular formula is C21H24N4O2. The zero-order valence-corrected chi connectivity index (χ0v) is 15.9. The van der Waals surface area contributed by atoms with Crippen molar-refractivity contribution in [2.24, 2.45) is 5.92 Å². The van der Waals surface area contributed by atoms with Gasteiger partial charge in [0.15, 0.2) is 0 Å². The Morgan fingerprint density at radius 3 is 2.70 bits per heavy atom. The number of fused-ring (bicyclic) bond motifs is 1. The maximum atomic E-state index is 13.4. The molecule has 6 heteroatoms. The first-order valence-electron chi connectivity index (χ1n) is 9.34. The van der Waals surface area contributed by atoms with Gasteiger partial charge in [-0.15, -0.1) is 0 Å². The molecule has 0 aliphatic carbocycles. The lowest BCUT2D eigenvalue weighted by Crippen LogP contribution is -2.49. The summed E-state index contributed by atoms with van der Waals surface area (Å²) in [6.45, 7) is 7.22. The standard InChI is InChI=1S/C21H24N4O2/c1-14(2)17-12-24(13-18(27-17)16-8-5-4-6-9-16)20(26)19-15(3)23-21-22-10-7-11-25(19)21/h4-11,14,17-18H,12-13H2,1-3H3/t17-,18+/m1/s1. The Bertz CT molecular complexity index is 951. The van der Waals surface area contributed by atoms with Crippen LogP contribution in [0.1, 0.15) is 41.7 Å². The van der Waals surface area contributed by atoms with Crippen LogP contribution in [0.3, 0.4) is 0 Å². The lowest BCUT2D eigenvalue weighted by atomic mass is 10.0. The lowest BCUT2D eigenvalue weighted by Gasteiger charge is -2.40. The van der Waals surface area contributed by atoms with Gasteiger partial charge in [-0.1, -0.05) is 44.2 Å². The Labute approximate surface area is 158 Å². The largest absolute Gasteiger partial charge is 0.366 e. The van der Waals surface area contributed by atoms with E-state index in [1.165, 1.54) is 0 Å². The van der Waals surface area contributed by atoms with Gasteiger partial charge in [-0.3, -0.25) is 9.20 Å². The third kappa shape index (κ3) is 3.32. The minimum Gasteiger partial charge on any atom is -0.366 e. The molecule has 2 atom stereocenters. The number of morpholine rings is 1. The van der Waals surface area contributed by atoms with E-state index in [1.54, 1.807) is 10.6 Å². The highest BCUT2D eigenvalue weighted by molar-refractivity contribution is 5.94. The minimum atomic E-state index is -0.131. The van der Waals surface area contributed by atoms with Crippen molar-refractivity contribution in [1.82, 2.24) is 19.3 Å². The number of hydrogen-bond donors (Lipinski definition) is 0. The summed E-state index contributed by atoms with van der Waals surface area (Å²) in [7, 11) is 0. The molecule has 3 heterocycles. The van der Waals surface area contributed by atoms with E-state index >= 15 is 0 Å². The first kappa shape index (κ1) is 17.7. The number of aromatic nitrogens is 3. The van der Waals surface area contributed by atoms with Crippen LogP contribution in [0, 0.1) is 12.8 Å². The number of carbonyl (C=O) groups excluding carboxylic acids is 1. The molecule has 1 aliphatic heterocycles. The first-order valence-corrected chi connectivity index (χ1v) is 9.34. The van der Waals surface area contributed by atoms with Crippen LogP contribution in [0.4, 0.5) is 0 Å². The summed E-state index contributed by atoms with van der Waals surface area (Å²) in [6.07, 6.45) is 3.38. The summed E-state index contributed by atoms with van der Waals surface area (Å²) < 4.78 is 8.09. The zero-order chi connectivity index (χ0) is 19.0. The molecule has 0 spiro atoms. The molecule has 1 fully saturated rings. The van der Waals surface area contributed by atoms with Crippen molar-refractivity contribution in [1.29, 1.82) is 0 Å². The Kier molecular flexibility index (Phi) is 4.66. The lowest BCUT2D eigenvalue weighted by molar-refractivity contribution is -0.0955. The molecular weight excluding hydrogens is 340 g/mol. The summed E-state index contributed by atoms with van der Waals surface area (Å²) in [6, 6.07) is 11.9. The number of rotatable bonds is 3. The van der Waals surface area contributed by atoms with Gasteiger partial charge in [0.05, 0.1) is 18.3 Å². The van der Waals surface area contributed by atoms with Gasteiger partial charge in [0, 0.05) is 18.9 Å². The molecule has 0 unspecified atom stereocenters. The van der Waals surface area contributed by atoms with Crippen molar-refractivity contribution in [3.63, 3.8) is 0 Å². The third-order valence-corrected chi connectivity index (χ3v) is 5.11. The highest BCUT2D eigenvalue weighted by Gasteiger charge is 2.34. The summed E-state index contributed by atoms with van der Waals surface area (Å²) in [5, 5.41) is 0. The van der Waals surface area contributed by atoms with E-state index in [9.17, 15) is 4.79 Å². The van der Waals surface area contributed by atoms with Gasteiger partial charge in [-0.25, -0.2) is 9.97 Å². The fourth-order valence-corrected chi connectivity index (χ4v) is 3.58. The minimum absolute atomic E-state index is 0.00878. The van der Waals surface area contributed by atoms with Crippen molar-refractivity contribution in [3.05, 3.63) is 65.7 Å². The monoisotopic (exact) mass is 364 g/mol. The molecule has 1 saturated heterocycles. The maximum Gasteiger partial charge on any atom is 0.273 e. The van der Waals surface area contributed by atoms with Crippen LogP contribution in [0.5, 0.6) is 0 Å². The van der Waals surface area contributed by atoms with Gasteiger partial charge in [0.25, 0.3) is 5.91 Å². The van der Waals surface area contributed by atoms with E-state index in [4.69, 9.17) is 4.74 Å². The molecule has 3 aromatic rings. The van der Waals surface area contributed by atoms with Crippen LogP contribution in [-0.2, 0) is 4.74 Å². The summed E-state index contributed by atoms with van der Waals surface area (Å²) in [4.78, 5) is 24.0. The van der Waals surface area contributed by atoms with Crippen molar-refractivity contribution in [2.45, 2.75) is 33.0 Å². The van der Waals surface area contributed by atoms with Crippen LogP contribution in [-0.4, -0.2) is 44.4 Å². The van der Waals surface area contributed by atoms with E-state index in [0.717, 1.165) is 5.56 Å². The number of benzene rings is 1. The predicted molar refractivity (Wildman–Crippen MR) is 103 cm³/mol. The van der Waals surface area contributed by atoms with Crippen LogP contribution >= 0.6 is 0 Å². The van der Waals surface area contributed by atoms with Crippen LogP contribution in [0.2, 0.25) is 0 Å². The zero-order valence-electron chi connectivity index (χ0n) is 15.9. The second-order valence-corrected chi connectivity index (χ2v) is 7.36. The summed E-state index contributed by atoms with van der Waals surface area (Å²) in [5.41, 5.74) is 2.37. The Morgan fingerprint density at radius 2 is 1.96 bits per heavy atom. The average molecular weight is 364 g/mol. The van der Waals surface area contributed by atoms with Gasteiger partial charge in [0.2, 0.25) is 5.78 Å². The second kappa shape index (κ2) is 7.12. The molecule has 0 saturated carbocycles. The number of ether oxygens (including phenoxy) is 1. The third-order valence-electron chi connectivity index (χ3n) is 5.11. The number of aryl methyl sites for hydroxylation is 1. The molecule has 1 aliphatic rings. The Hall–Kier alpha value is -2.73. The molecule has 4 rings (SSSR count). The Morgan fingerprint density at radius 1 is 1.19 bits per heavy atom. The van der Waals surface area contributed by atoms with E-state index in [0.29, 0.717) is 36.2 Å². The van der Waals surface area contributed by atoms with Crippen molar-refractivity contribution >= 4 is 11.7 Å². The van der Waals surface area contributed by atoms with Crippen molar-refractivity contribution in [3.8, 4) is 0 Å². The smallest absolute Gasteiger partial charge is 0.273 e. The van der Waals surface area contributed by atoms with Gasteiger partial charge in [0.1, 0.15) is 11.8 Å². The molecule has 0 radical (unpaired) electrons. The molecule has 6 nitrogen and oxygen atoms in total. The summed E-state index contributed by atoms with van der Waals surface area (Å²) >= 11 is 0. The van der Waals surface area contributed by atoms with E-state index < -0.39 is 0 Å². The first-order chi connectivity index (χ1) is 13.0. The fourth-order valence-electron chi connectivity index (χ4n) is 3.58. The van der Waals surface area contributed by atoms with Gasteiger partial charge >= 0.3 is 0 Å². The van der Waals surface area contributed by atoms with E-state index in [-0.39, 0.29) is 18.1 Å². The fraction of sp³-hybridized carbons (Fsp3) is 0.381. The van der Waals surface area contributed by atoms with Gasteiger partial charge < -0.3 is 9.64 Å². The molecule has 27 heavy (non-hydrogen) atoms. The van der Waals surface area contributed by atoms with E-state index in [2.05, 4.69) is 35.9 Å². The molecule has 2 aromatic heterocycles. The number of imidazole rings is 1. The quantitative estimate of drug-likeness (QED) is 0.716. The normalized spacial score (nSPS) is 20.4. The van der Waals surface area contributed by atoms with Crippen LogP contribution in [0.25, 0.3) is 5.78 Å². The van der Waals surface area contributed by atoms with Crippen molar-refractivity contribution < 1.29 is 9.53 Å². The molecule has 1 aromatic carbocycles. The number of amides is 1. The SMILES string of the molecule is Cc1nc2ncccn2c1C(=O)N1C[C@@H](c2ccccc2)O[C@@H](C(C)C)C1. The number of nitrogens with zero attached hydrogens (tertiary/aromatic N) is 4. The molecule has 140 valence electrons. The van der Waals surface area contributed by atoms with Crippen molar-refractivity contribution in [2.75, 3.05) is 13.1 Å². The molecule has 0 N–H and O–H groups in total. The average Bonchev–Trinajstić information content (AvgIpc) is 3.03. The highest BCUT2D eigenvalue weighted by Crippen LogP contribution is 2.29. The van der Waals surface area contributed by atoms with Crippen LogP contribution in [0.15, 0.2) is 48.8 Å². The number of carbonyl (C=O) groups is 1. The Balaban J connectivity index is 1.68. The second-order valence-electron chi connectivity index (χ2n) is 7.36. The molecule has 1 amide bonds. The highest BCUT2D eigenvalue weighted by atomic mass is 16.5. The van der Waals surface area contributed by atoms with Gasteiger partial charge in [-0.2, -0.15) is 0 Å². The van der Waals surface area contributed by atoms with Gasteiger partial charge in [-0.05, 0) is 24.5 Å². The topological polar surface area (TPSA) is 59.7 Å². The molecule has 0 bridgehead atoms. The maximum absolute atomic E-state index is 13.4. The van der Waals surface area contributed by atoms with E-state index in [1.807, 2.05) is 42.3 Å². The predicted octanol–water partition coefficient (Wildman–Crippen LogP) is 3.28.